The number of fused-ring (bicyclic) bond motifs is 2. The molecule has 6 nitrogen and oxygen atoms in total. The van der Waals surface area contributed by atoms with Crippen molar-refractivity contribution >= 4 is 16.9 Å². The van der Waals surface area contributed by atoms with Crippen molar-refractivity contribution in [3.8, 4) is 11.5 Å². The fourth-order valence-corrected chi connectivity index (χ4v) is 4.85. The molecule has 1 atom stereocenters. The maximum absolute atomic E-state index is 15.0. The summed E-state index contributed by atoms with van der Waals surface area (Å²) in [6.45, 7) is 2.53. The largest absolute Gasteiger partial charge is 0.505 e. The lowest BCUT2D eigenvalue weighted by atomic mass is 9.82. The lowest BCUT2D eigenvalue weighted by Crippen LogP contribution is -2.26. The van der Waals surface area contributed by atoms with Gasteiger partial charge >= 0.3 is 0 Å². The summed E-state index contributed by atoms with van der Waals surface area (Å²) in [5, 5.41) is 11.5. The van der Waals surface area contributed by atoms with Crippen molar-refractivity contribution in [3.63, 3.8) is 0 Å². The maximum atomic E-state index is 15.0. The molecule has 1 amide bonds. The van der Waals surface area contributed by atoms with Gasteiger partial charge in [0.15, 0.2) is 0 Å². The van der Waals surface area contributed by atoms with Gasteiger partial charge in [-0.3, -0.25) is 4.79 Å². The number of halogens is 2. The van der Waals surface area contributed by atoms with Crippen molar-refractivity contribution in [1.29, 1.82) is 0 Å². The SMILES string of the molecule is Cc1nc2c(O)c(C3CCOc4cc(F)cc(F)c43)c(C(=O)N(C)C)cc2n1Cc1ccccc1. The molecule has 2 heterocycles. The normalized spacial score (nSPS) is 15.1. The lowest BCUT2D eigenvalue weighted by molar-refractivity contribution is 0.0825. The Labute approximate surface area is 201 Å². The molecule has 0 saturated heterocycles. The monoisotopic (exact) mass is 477 g/mol. The van der Waals surface area contributed by atoms with E-state index in [1.165, 1.54) is 4.90 Å². The standard InChI is InChI=1S/C27H25F2N3O3/c1-15-30-25-21(32(15)14-16-7-5-4-6-8-16)13-19(27(34)31(2)3)23(26(25)33)18-9-10-35-22-12-17(28)11-20(29)24(18)22/h4-8,11-13,18,33H,9-10,14H2,1-3H3. The van der Waals surface area contributed by atoms with Crippen molar-refractivity contribution in [1.82, 2.24) is 14.5 Å². The van der Waals surface area contributed by atoms with E-state index in [1.807, 2.05) is 41.8 Å². The Morgan fingerprint density at radius 1 is 1.17 bits per heavy atom. The van der Waals surface area contributed by atoms with Gasteiger partial charge in [0.05, 0.1) is 12.1 Å². The maximum Gasteiger partial charge on any atom is 0.253 e. The second kappa shape index (κ2) is 8.69. The van der Waals surface area contributed by atoms with Crippen LogP contribution in [0.3, 0.4) is 0 Å². The van der Waals surface area contributed by atoms with Crippen LogP contribution in [-0.4, -0.2) is 46.2 Å². The van der Waals surface area contributed by atoms with Gasteiger partial charge in [-0.2, -0.15) is 0 Å². The third kappa shape index (κ3) is 3.88. The molecule has 0 fully saturated rings. The predicted octanol–water partition coefficient (Wildman–Crippen LogP) is 4.99. The molecular formula is C27H25F2N3O3. The Hall–Kier alpha value is -3.94. The van der Waals surface area contributed by atoms with Crippen LogP contribution < -0.4 is 4.74 Å². The first kappa shape index (κ1) is 22.8. The van der Waals surface area contributed by atoms with Crippen LogP contribution >= 0.6 is 0 Å². The molecule has 0 aliphatic carbocycles. The third-order valence-corrected chi connectivity index (χ3v) is 6.49. The minimum absolute atomic E-state index is 0.0762. The lowest BCUT2D eigenvalue weighted by Gasteiger charge is -2.29. The quantitative estimate of drug-likeness (QED) is 0.450. The molecule has 4 aromatic rings. The van der Waals surface area contributed by atoms with Crippen LogP contribution in [0.15, 0.2) is 48.5 Å². The Morgan fingerprint density at radius 3 is 2.63 bits per heavy atom. The van der Waals surface area contributed by atoms with Gasteiger partial charge in [-0.15, -0.1) is 0 Å². The van der Waals surface area contributed by atoms with Crippen LogP contribution in [0.25, 0.3) is 11.0 Å². The fourth-order valence-electron chi connectivity index (χ4n) is 4.85. The predicted molar refractivity (Wildman–Crippen MR) is 128 cm³/mol. The van der Waals surface area contributed by atoms with Gasteiger partial charge in [-0.05, 0) is 25.0 Å². The van der Waals surface area contributed by atoms with Crippen LogP contribution in [0.5, 0.6) is 11.5 Å². The van der Waals surface area contributed by atoms with E-state index in [9.17, 15) is 18.7 Å². The van der Waals surface area contributed by atoms with E-state index in [-0.39, 0.29) is 40.7 Å². The number of aromatic nitrogens is 2. The highest BCUT2D eigenvalue weighted by molar-refractivity contribution is 6.01. The van der Waals surface area contributed by atoms with Crippen LogP contribution in [0.4, 0.5) is 8.78 Å². The number of amides is 1. The van der Waals surface area contributed by atoms with E-state index in [4.69, 9.17) is 4.74 Å². The molecule has 1 N–H and O–H groups in total. The first-order chi connectivity index (χ1) is 16.8. The fraction of sp³-hybridized carbons (Fsp3) is 0.259. The molecule has 35 heavy (non-hydrogen) atoms. The number of nitrogens with zero attached hydrogens (tertiary/aromatic N) is 3. The van der Waals surface area contributed by atoms with E-state index in [0.717, 1.165) is 17.7 Å². The molecule has 1 aliphatic rings. The zero-order valence-electron chi connectivity index (χ0n) is 19.7. The van der Waals surface area contributed by atoms with Gasteiger partial charge in [-0.1, -0.05) is 30.3 Å². The summed E-state index contributed by atoms with van der Waals surface area (Å²) in [7, 11) is 3.24. The molecule has 5 rings (SSSR count). The van der Waals surface area contributed by atoms with E-state index in [2.05, 4.69) is 4.98 Å². The number of rotatable bonds is 4. The number of phenols is 1. The summed E-state index contributed by atoms with van der Waals surface area (Å²) in [5.74, 6) is -2.00. The van der Waals surface area contributed by atoms with Gasteiger partial charge < -0.3 is 19.3 Å². The summed E-state index contributed by atoms with van der Waals surface area (Å²) in [6, 6.07) is 13.4. The van der Waals surface area contributed by atoms with Gasteiger partial charge in [0, 0.05) is 55.4 Å². The number of carbonyl (C=O) groups is 1. The summed E-state index contributed by atoms with van der Waals surface area (Å²) < 4.78 is 36.3. The molecule has 0 bridgehead atoms. The zero-order valence-corrected chi connectivity index (χ0v) is 19.7. The van der Waals surface area contributed by atoms with Crippen LogP contribution in [0, 0.1) is 18.6 Å². The van der Waals surface area contributed by atoms with Gasteiger partial charge in [0.1, 0.15) is 34.5 Å². The highest BCUT2D eigenvalue weighted by Gasteiger charge is 2.34. The number of carbonyl (C=O) groups excluding carboxylic acids is 1. The van der Waals surface area contributed by atoms with Crippen molar-refractivity contribution in [2.75, 3.05) is 20.7 Å². The Kier molecular flexibility index (Phi) is 5.67. The molecule has 180 valence electrons. The van der Waals surface area contributed by atoms with Crippen molar-refractivity contribution in [3.05, 3.63) is 88.2 Å². The Bertz CT molecular complexity index is 1450. The molecule has 0 radical (unpaired) electrons. The van der Waals surface area contributed by atoms with Gasteiger partial charge in [0.2, 0.25) is 0 Å². The van der Waals surface area contributed by atoms with Crippen molar-refractivity contribution in [2.24, 2.45) is 0 Å². The first-order valence-corrected chi connectivity index (χ1v) is 11.4. The van der Waals surface area contributed by atoms with Gasteiger partial charge in [0.25, 0.3) is 5.91 Å². The number of ether oxygens (including phenoxy) is 1. The van der Waals surface area contributed by atoms with Crippen molar-refractivity contribution < 1.29 is 23.4 Å². The van der Waals surface area contributed by atoms with Gasteiger partial charge in [-0.25, -0.2) is 13.8 Å². The summed E-state index contributed by atoms with van der Waals surface area (Å²) in [5.41, 5.74) is 2.62. The molecule has 0 spiro atoms. The molecule has 0 saturated carbocycles. The minimum atomic E-state index is -0.779. The summed E-state index contributed by atoms with van der Waals surface area (Å²) in [6.07, 6.45) is 0.312. The second-order valence-corrected chi connectivity index (χ2v) is 8.97. The topological polar surface area (TPSA) is 67.6 Å². The van der Waals surface area contributed by atoms with E-state index in [1.54, 1.807) is 20.2 Å². The summed E-state index contributed by atoms with van der Waals surface area (Å²) >= 11 is 0. The zero-order chi connectivity index (χ0) is 24.9. The van der Waals surface area contributed by atoms with Crippen LogP contribution in [-0.2, 0) is 6.54 Å². The molecule has 8 heteroatoms. The second-order valence-electron chi connectivity index (χ2n) is 8.97. The number of imidazole rings is 1. The molecular weight excluding hydrogens is 452 g/mol. The Morgan fingerprint density at radius 2 is 1.91 bits per heavy atom. The number of hydrogen-bond acceptors (Lipinski definition) is 4. The number of aromatic hydroxyl groups is 1. The average molecular weight is 478 g/mol. The Balaban J connectivity index is 1.76. The molecule has 1 aromatic heterocycles. The number of aryl methyl sites for hydroxylation is 1. The van der Waals surface area contributed by atoms with E-state index < -0.39 is 17.6 Å². The minimum Gasteiger partial charge on any atom is -0.505 e. The smallest absolute Gasteiger partial charge is 0.253 e. The highest BCUT2D eigenvalue weighted by atomic mass is 19.1. The molecule has 3 aromatic carbocycles. The first-order valence-electron chi connectivity index (χ1n) is 11.4. The van der Waals surface area contributed by atoms with Crippen molar-refractivity contribution in [2.45, 2.75) is 25.8 Å². The van der Waals surface area contributed by atoms with Crippen LogP contribution in [0.1, 0.15) is 45.2 Å². The number of phenolic OH excluding ortho intramolecular Hbond substituents is 1. The third-order valence-electron chi connectivity index (χ3n) is 6.49. The van der Waals surface area contributed by atoms with E-state index in [0.29, 0.717) is 29.8 Å². The number of benzene rings is 3. The molecule has 1 unspecified atom stereocenters. The summed E-state index contributed by atoms with van der Waals surface area (Å²) in [4.78, 5) is 19.3. The number of hydrogen-bond donors (Lipinski definition) is 1. The van der Waals surface area contributed by atoms with Crippen LogP contribution in [0.2, 0.25) is 0 Å². The highest BCUT2D eigenvalue weighted by Crippen LogP contribution is 2.46. The molecule has 1 aliphatic heterocycles. The van der Waals surface area contributed by atoms with E-state index >= 15 is 0 Å². The average Bonchev–Trinajstić information content (AvgIpc) is 3.14.